The number of hydrogen-bond acceptors (Lipinski definition) is 4. The van der Waals surface area contributed by atoms with E-state index in [0.29, 0.717) is 18.7 Å². The molecule has 0 saturated carbocycles. The number of carbonyl (C=O) groups is 1. The fourth-order valence-corrected chi connectivity index (χ4v) is 3.22. The smallest absolute Gasteiger partial charge is 0.870 e. The molecule has 1 atom stereocenters. The topological polar surface area (TPSA) is 79.8 Å². The zero-order chi connectivity index (χ0) is 17.0. The fourth-order valence-electron chi connectivity index (χ4n) is 3.22. The molecule has 0 radical (unpaired) electrons. The van der Waals surface area contributed by atoms with E-state index in [1.807, 2.05) is 49.4 Å². The summed E-state index contributed by atoms with van der Waals surface area (Å²) in [6.07, 6.45) is 1.34. The molecule has 2 aromatic rings. The van der Waals surface area contributed by atoms with Crippen molar-refractivity contribution < 1.29 is 49.7 Å². The average molecular weight is 365 g/mol. The molecular formula is C20H24NNaO4. The molecule has 1 fully saturated rings. The Morgan fingerprint density at radius 1 is 1.15 bits per heavy atom. The van der Waals surface area contributed by atoms with E-state index in [0.717, 1.165) is 25.1 Å². The normalized spacial score (nSPS) is 19.7. The number of rotatable bonds is 5. The SMILES string of the molecule is Cc1ccc(OC2(C(=O)O)CCCN(Cc3ccccc3)C2)cc1.[Na+].[OH-]. The van der Waals surface area contributed by atoms with Crippen LogP contribution < -0.4 is 34.3 Å². The minimum atomic E-state index is -1.18. The predicted molar refractivity (Wildman–Crippen MR) is 95.1 cm³/mol. The van der Waals surface area contributed by atoms with Gasteiger partial charge < -0.3 is 15.3 Å². The number of piperidine rings is 1. The van der Waals surface area contributed by atoms with E-state index in [2.05, 4.69) is 17.0 Å². The maximum atomic E-state index is 12.0. The number of likely N-dealkylation sites (tertiary alicyclic amines) is 1. The van der Waals surface area contributed by atoms with Crippen LogP contribution in [0.15, 0.2) is 54.6 Å². The molecule has 6 heteroatoms. The largest absolute Gasteiger partial charge is 1.00 e. The molecule has 1 saturated heterocycles. The summed E-state index contributed by atoms with van der Waals surface area (Å²) < 4.78 is 5.99. The molecule has 2 N–H and O–H groups in total. The van der Waals surface area contributed by atoms with Crippen LogP contribution in [0.4, 0.5) is 0 Å². The van der Waals surface area contributed by atoms with Gasteiger partial charge >= 0.3 is 35.5 Å². The molecule has 0 aliphatic carbocycles. The van der Waals surface area contributed by atoms with Crippen LogP contribution in [0.25, 0.3) is 0 Å². The van der Waals surface area contributed by atoms with E-state index in [1.54, 1.807) is 0 Å². The molecule has 1 aliphatic heterocycles. The van der Waals surface area contributed by atoms with Gasteiger partial charge in [-0.2, -0.15) is 0 Å². The van der Waals surface area contributed by atoms with Gasteiger partial charge in [-0.25, -0.2) is 4.79 Å². The van der Waals surface area contributed by atoms with Crippen LogP contribution in [-0.4, -0.2) is 40.1 Å². The summed E-state index contributed by atoms with van der Waals surface area (Å²) in [4.78, 5) is 14.2. The van der Waals surface area contributed by atoms with Gasteiger partial charge in [-0.05, 0) is 37.6 Å². The van der Waals surface area contributed by atoms with Gasteiger partial charge in [-0.3, -0.25) is 4.90 Å². The zero-order valence-electron chi connectivity index (χ0n) is 15.4. The summed E-state index contributed by atoms with van der Waals surface area (Å²) in [6, 6.07) is 17.7. The summed E-state index contributed by atoms with van der Waals surface area (Å²) >= 11 is 0. The third kappa shape index (κ3) is 5.56. The second-order valence-electron chi connectivity index (χ2n) is 6.51. The number of benzene rings is 2. The summed E-state index contributed by atoms with van der Waals surface area (Å²) in [5.74, 6) is -0.273. The van der Waals surface area contributed by atoms with Gasteiger partial charge in [-0.15, -0.1) is 0 Å². The first-order chi connectivity index (χ1) is 11.6. The first kappa shape index (κ1) is 22.7. The Morgan fingerprint density at radius 2 is 1.81 bits per heavy atom. The van der Waals surface area contributed by atoms with E-state index >= 15 is 0 Å². The molecule has 2 aromatic carbocycles. The first-order valence-corrected chi connectivity index (χ1v) is 8.33. The standard InChI is InChI=1S/C20H23NO3.Na.H2O/c1-16-8-10-18(11-9-16)24-20(19(22)23)12-5-13-21(15-20)14-17-6-3-2-4-7-17;;/h2-4,6-11H,5,12-15H2,1H3,(H,22,23);;1H2/q;+1;/p-1. The zero-order valence-corrected chi connectivity index (χ0v) is 17.4. The van der Waals surface area contributed by atoms with Crippen molar-refractivity contribution in [3.05, 3.63) is 65.7 Å². The van der Waals surface area contributed by atoms with Crippen LogP contribution in [-0.2, 0) is 11.3 Å². The van der Waals surface area contributed by atoms with Crippen LogP contribution in [0, 0.1) is 6.92 Å². The van der Waals surface area contributed by atoms with Crippen LogP contribution in [0.3, 0.4) is 0 Å². The van der Waals surface area contributed by atoms with Crippen LogP contribution >= 0.6 is 0 Å². The van der Waals surface area contributed by atoms with Crippen molar-refractivity contribution in [1.82, 2.24) is 4.90 Å². The first-order valence-electron chi connectivity index (χ1n) is 8.33. The summed E-state index contributed by atoms with van der Waals surface area (Å²) in [5, 5.41) is 9.84. The predicted octanol–water partition coefficient (Wildman–Crippen LogP) is 0.320. The van der Waals surface area contributed by atoms with Crippen LogP contribution in [0.2, 0.25) is 0 Å². The molecule has 5 nitrogen and oxygen atoms in total. The van der Waals surface area contributed by atoms with Gasteiger partial charge in [0.15, 0.2) is 0 Å². The number of carboxylic acids is 1. The molecule has 0 amide bonds. The van der Waals surface area contributed by atoms with E-state index in [-0.39, 0.29) is 35.0 Å². The molecule has 1 unspecified atom stereocenters. The van der Waals surface area contributed by atoms with Gasteiger partial charge in [0, 0.05) is 19.5 Å². The van der Waals surface area contributed by atoms with E-state index in [4.69, 9.17) is 4.74 Å². The van der Waals surface area contributed by atoms with Crippen molar-refractivity contribution in [2.75, 3.05) is 13.1 Å². The molecular weight excluding hydrogens is 341 g/mol. The Morgan fingerprint density at radius 3 is 2.42 bits per heavy atom. The maximum Gasteiger partial charge on any atom is 1.00 e. The van der Waals surface area contributed by atoms with Crippen LogP contribution in [0.1, 0.15) is 24.0 Å². The van der Waals surface area contributed by atoms with E-state index < -0.39 is 11.6 Å². The van der Waals surface area contributed by atoms with Crippen molar-refractivity contribution in [2.45, 2.75) is 31.9 Å². The molecule has 1 aliphatic rings. The van der Waals surface area contributed by atoms with Crippen molar-refractivity contribution in [3.63, 3.8) is 0 Å². The number of nitrogens with zero attached hydrogens (tertiary/aromatic N) is 1. The maximum absolute atomic E-state index is 12.0. The second kappa shape index (κ2) is 10.1. The molecule has 0 aromatic heterocycles. The van der Waals surface area contributed by atoms with Crippen molar-refractivity contribution in [3.8, 4) is 5.75 Å². The van der Waals surface area contributed by atoms with E-state index in [1.165, 1.54) is 5.56 Å². The molecule has 26 heavy (non-hydrogen) atoms. The quantitative estimate of drug-likeness (QED) is 0.772. The van der Waals surface area contributed by atoms with Crippen LogP contribution in [0.5, 0.6) is 5.75 Å². The Bertz CT molecular complexity index is 693. The Labute approximate surface area is 176 Å². The number of aliphatic carboxylic acids is 1. The van der Waals surface area contributed by atoms with E-state index in [9.17, 15) is 9.90 Å². The van der Waals surface area contributed by atoms with Crippen molar-refractivity contribution in [2.24, 2.45) is 0 Å². The van der Waals surface area contributed by atoms with Crippen molar-refractivity contribution >= 4 is 5.97 Å². The average Bonchev–Trinajstić information content (AvgIpc) is 2.58. The molecule has 1 heterocycles. The third-order valence-electron chi connectivity index (χ3n) is 4.51. The van der Waals surface area contributed by atoms with Gasteiger partial charge in [-0.1, -0.05) is 48.0 Å². The number of carboxylic acid groups (broad SMARTS) is 1. The number of hydrogen-bond donors (Lipinski definition) is 1. The summed E-state index contributed by atoms with van der Waals surface area (Å²) in [5.41, 5.74) is 1.14. The summed E-state index contributed by atoms with van der Waals surface area (Å²) in [6.45, 7) is 4.03. The molecule has 0 bridgehead atoms. The Kier molecular flexibility index (Phi) is 8.80. The minimum Gasteiger partial charge on any atom is -0.870 e. The summed E-state index contributed by atoms with van der Waals surface area (Å²) in [7, 11) is 0. The molecule has 134 valence electrons. The Balaban J connectivity index is 0.00000169. The van der Waals surface area contributed by atoms with Gasteiger partial charge in [0.1, 0.15) is 5.75 Å². The van der Waals surface area contributed by atoms with Gasteiger partial charge in [0.05, 0.1) is 0 Å². The third-order valence-corrected chi connectivity index (χ3v) is 4.51. The Hall–Kier alpha value is -1.37. The molecule has 0 spiro atoms. The number of ether oxygens (including phenoxy) is 1. The second-order valence-corrected chi connectivity index (χ2v) is 6.51. The monoisotopic (exact) mass is 365 g/mol. The van der Waals surface area contributed by atoms with Gasteiger partial charge in [0.2, 0.25) is 5.60 Å². The van der Waals surface area contributed by atoms with Gasteiger partial charge in [0.25, 0.3) is 0 Å². The minimum absolute atomic E-state index is 0. The number of aryl methyl sites for hydroxylation is 1. The van der Waals surface area contributed by atoms with Crippen molar-refractivity contribution in [1.29, 1.82) is 0 Å². The fraction of sp³-hybridized carbons (Fsp3) is 0.350. The molecule has 3 rings (SSSR count).